The third-order valence-corrected chi connectivity index (χ3v) is 4.06. The van der Waals surface area contributed by atoms with Gasteiger partial charge in [0, 0.05) is 4.92 Å². The average Bonchev–Trinajstić information content (AvgIpc) is 2.40. The van der Waals surface area contributed by atoms with Gasteiger partial charge in [-0.2, -0.15) is 0 Å². The summed E-state index contributed by atoms with van der Waals surface area (Å²) in [6.45, 7) is 1.86. The molecular formula is C11H15NO4. The summed E-state index contributed by atoms with van der Waals surface area (Å²) in [4.78, 5) is 21.1. The van der Waals surface area contributed by atoms with E-state index in [1.807, 2.05) is 6.08 Å². The molecule has 0 bridgehead atoms. The highest BCUT2D eigenvalue weighted by Crippen LogP contribution is 2.59. The first-order valence-electron chi connectivity index (χ1n) is 5.46. The second-order valence-electron chi connectivity index (χ2n) is 5.06. The van der Waals surface area contributed by atoms with E-state index in [9.17, 15) is 14.9 Å². The van der Waals surface area contributed by atoms with Crippen molar-refractivity contribution in [2.75, 3.05) is 6.54 Å². The number of allylic oxidation sites excluding steroid dienone is 2. The van der Waals surface area contributed by atoms with Gasteiger partial charge in [-0.1, -0.05) is 19.1 Å². The van der Waals surface area contributed by atoms with Gasteiger partial charge >= 0.3 is 5.97 Å². The molecule has 1 N–H and O–H groups in total. The fourth-order valence-corrected chi connectivity index (χ4v) is 3.30. The Bertz CT molecular complexity index is 347. The minimum atomic E-state index is -0.937. The number of fused-ring (bicyclic) bond motifs is 1. The third-order valence-electron chi connectivity index (χ3n) is 4.06. The van der Waals surface area contributed by atoms with E-state index in [-0.39, 0.29) is 23.8 Å². The Hall–Kier alpha value is -1.39. The van der Waals surface area contributed by atoms with Crippen molar-refractivity contribution in [2.24, 2.45) is 23.2 Å². The molecule has 0 amide bonds. The van der Waals surface area contributed by atoms with E-state index in [0.29, 0.717) is 18.3 Å². The van der Waals surface area contributed by atoms with E-state index in [2.05, 4.69) is 13.0 Å². The van der Waals surface area contributed by atoms with Crippen molar-refractivity contribution in [3.05, 3.63) is 22.3 Å². The zero-order chi connectivity index (χ0) is 11.9. The van der Waals surface area contributed by atoms with E-state index < -0.39 is 11.4 Å². The largest absolute Gasteiger partial charge is 0.481 e. The number of carboxylic acid groups (broad SMARTS) is 1. The van der Waals surface area contributed by atoms with Crippen LogP contribution in [0.15, 0.2) is 12.2 Å². The Morgan fingerprint density at radius 3 is 2.81 bits per heavy atom. The monoisotopic (exact) mass is 225 g/mol. The first kappa shape index (κ1) is 11.1. The topological polar surface area (TPSA) is 80.4 Å². The summed E-state index contributed by atoms with van der Waals surface area (Å²) in [5, 5.41) is 19.5. The lowest BCUT2D eigenvalue weighted by Gasteiger charge is -2.50. The van der Waals surface area contributed by atoms with Crippen molar-refractivity contribution < 1.29 is 14.8 Å². The molecule has 0 aromatic carbocycles. The number of rotatable bonds is 4. The molecule has 88 valence electrons. The summed E-state index contributed by atoms with van der Waals surface area (Å²) in [5.74, 6) is -0.00442. The highest BCUT2D eigenvalue weighted by Gasteiger charge is 2.59. The normalized spacial score (nSPS) is 40.2. The van der Waals surface area contributed by atoms with Crippen LogP contribution in [0.4, 0.5) is 0 Å². The molecule has 0 aromatic rings. The highest BCUT2D eigenvalue weighted by atomic mass is 16.6. The SMILES string of the molecule is CC1C=C[C@@H]2[C@H]1C[C@]2(CC(=O)O)C[N+](=O)[O-]. The molecule has 1 unspecified atom stereocenters. The van der Waals surface area contributed by atoms with Crippen molar-refractivity contribution in [2.45, 2.75) is 19.8 Å². The van der Waals surface area contributed by atoms with Crippen molar-refractivity contribution >= 4 is 5.97 Å². The van der Waals surface area contributed by atoms with Gasteiger partial charge in [0.15, 0.2) is 0 Å². The maximum absolute atomic E-state index is 10.8. The van der Waals surface area contributed by atoms with E-state index in [1.165, 1.54) is 0 Å². The summed E-state index contributed by atoms with van der Waals surface area (Å²) in [7, 11) is 0. The molecule has 1 saturated carbocycles. The minimum absolute atomic E-state index is 0.0870. The summed E-state index contributed by atoms with van der Waals surface area (Å²) in [6.07, 6.45) is 4.61. The molecule has 0 saturated heterocycles. The number of carbonyl (C=O) groups is 1. The number of aliphatic carboxylic acids is 1. The maximum Gasteiger partial charge on any atom is 0.304 e. The Labute approximate surface area is 93.3 Å². The molecule has 0 aliphatic heterocycles. The molecule has 0 radical (unpaired) electrons. The zero-order valence-electron chi connectivity index (χ0n) is 9.13. The van der Waals surface area contributed by atoms with E-state index >= 15 is 0 Å². The van der Waals surface area contributed by atoms with Crippen LogP contribution in [0.25, 0.3) is 0 Å². The van der Waals surface area contributed by atoms with Crippen LogP contribution in [0.5, 0.6) is 0 Å². The molecule has 2 aliphatic rings. The lowest BCUT2D eigenvalue weighted by molar-refractivity contribution is -0.506. The molecule has 16 heavy (non-hydrogen) atoms. The molecule has 1 fully saturated rings. The molecule has 0 heterocycles. The lowest BCUT2D eigenvalue weighted by atomic mass is 9.52. The van der Waals surface area contributed by atoms with Crippen LogP contribution >= 0.6 is 0 Å². The van der Waals surface area contributed by atoms with E-state index in [4.69, 9.17) is 5.11 Å². The highest BCUT2D eigenvalue weighted by molar-refractivity contribution is 5.68. The van der Waals surface area contributed by atoms with Gasteiger partial charge in [0.2, 0.25) is 6.54 Å². The predicted molar refractivity (Wildman–Crippen MR) is 56.4 cm³/mol. The van der Waals surface area contributed by atoms with Crippen LogP contribution < -0.4 is 0 Å². The van der Waals surface area contributed by atoms with Crippen LogP contribution in [-0.2, 0) is 4.79 Å². The maximum atomic E-state index is 10.8. The Kier molecular flexibility index (Phi) is 2.48. The Morgan fingerprint density at radius 1 is 1.62 bits per heavy atom. The van der Waals surface area contributed by atoms with Gasteiger partial charge in [-0.05, 0) is 24.2 Å². The molecule has 0 spiro atoms. The first-order valence-corrected chi connectivity index (χ1v) is 5.46. The molecule has 4 atom stereocenters. The molecule has 2 aliphatic carbocycles. The Morgan fingerprint density at radius 2 is 2.31 bits per heavy atom. The minimum Gasteiger partial charge on any atom is -0.481 e. The number of nitro groups is 1. The summed E-state index contributed by atoms with van der Waals surface area (Å²) >= 11 is 0. The smallest absolute Gasteiger partial charge is 0.304 e. The number of nitrogens with zero attached hydrogens (tertiary/aromatic N) is 1. The van der Waals surface area contributed by atoms with Gasteiger partial charge in [0.1, 0.15) is 0 Å². The second kappa shape index (κ2) is 3.57. The molecule has 0 aromatic heterocycles. The molecule has 2 rings (SSSR count). The van der Waals surface area contributed by atoms with Gasteiger partial charge < -0.3 is 5.11 Å². The molecule has 5 heteroatoms. The van der Waals surface area contributed by atoms with Gasteiger partial charge in [-0.25, -0.2) is 0 Å². The first-order chi connectivity index (χ1) is 7.44. The number of carboxylic acids is 1. The van der Waals surface area contributed by atoms with Gasteiger partial charge in [0.25, 0.3) is 0 Å². The number of hydrogen-bond donors (Lipinski definition) is 1. The Balaban J connectivity index is 2.15. The van der Waals surface area contributed by atoms with Crippen LogP contribution in [-0.4, -0.2) is 22.5 Å². The van der Waals surface area contributed by atoms with Crippen LogP contribution in [0.3, 0.4) is 0 Å². The molecular weight excluding hydrogens is 210 g/mol. The zero-order valence-corrected chi connectivity index (χ0v) is 9.13. The summed E-state index contributed by atoms with van der Waals surface area (Å²) < 4.78 is 0. The average molecular weight is 225 g/mol. The predicted octanol–water partition coefficient (Wildman–Crippen LogP) is 1.57. The fraction of sp³-hybridized carbons (Fsp3) is 0.727. The lowest BCUT2D eigenvalue weighted by Crippen LogP contribution is -2.52. The van der Waals surface area contributed by atoms with Crippen molar-refractivity contribution in [1.29, 1.82) is 0 Å². The fourth-order valence-electron chi connectivity index (χ4n) is 3.30. The van der Waals surface area contributed by atoms with E-state index in [0.717, 1.165) is 0 Å². The van der Waals surface area contributed by atoms with Crippen LogP contribution in [0, 0.1) is 33.3 Å². The number of hydrogen-bond acceptors (Lipinski definition) is 3. The van der Waals surface area contributed by atoms with E-state index in [1.54, 1.807) is 0 Å². The van der Waals surface area contributed by atoms with Crippen LogP contribution in [0.1, 0.15) is 19.8 Å². The van der Waals surface area contributed by atoms with Gasteiger partial charge in [0.05, 0.1) is 11.8 Å². The summed E-state index contributed by atoms with van der Waals surface area (Å²) in [5.41, 5.74) is -0.638. The van der Waals surface area contributed by atoms with Crippen molar-refractivity contribution in [1.82, 2.24) is 0 Å². The van der Waals surface area contributed by atoms with Crippen molar-refractivity contribution in [3.8, 4) is 0 Å². The molecule has 5 nitrogen and oxygen atoms in total. The van der Waals surface area contributed by atoms with Crippen LogP contribution in [0.2, 0.25) is 0 Å². The van der Waals surface area contributed by atoms with Gasteiger partial charge in [-0.3, -0.25) is 14.9 Å². The van der Waals surface area contributed by atoms with Crippen molar-refractivity contribution in [3.63, 3.8) is 0 Å². The standard InChI is InChI=1S/C11H15NO4/c1-7-2-3-9-8(7)4-11(9,5-10(13)14)6-12(15)16/h2-3,7-9H,4-6H2,1H3,(H,13,14)/t7?,8-,9+,11-/m0/s1. The quantitative estimate of drug-likeness (QED) is 0.447. The van der Waals surface area contributed by atoms with Gasteiger partial charge in [-0.15, -0.1) is 0 Å². The summed E-state index contributed by atoms with van der Waals surface area (Å²) in [6, 6.07) is 0. The second-order valence-corrected chi connectivity index (χ2v) is 5.06. The third kappa shape index (κ3) is 1.60.